The van der Waals surface area contributed by atoms with E-state index < -0.39 is 0 Å². The van der Waals surface area contributed by atoms with Crippen molar-refractivity contribution in [3.63, 3.8) is 0 Å². The summed E-state index contributed by atoms with van der Waals surface area (Å²) in [6.45, 7) is 9.68. The highest BCUT2D eigenvalue weighted by Crippen LogP contribution is 2.27. The lowest BCUT2D eigenvalue weighted by atomic mass is 9.81. The van der Waals surface area contributed by atoms with Gasteiger partial charge in [-0.25, -0.2) is 0 Å². The molecule has 0 aromatic carbocycles. The number of rotatable bonds is 6. The quantitative estimate of drug-likeness (QED) is 0.752. The van der Waals surface area contributed by atoms with Crippen LogP contribution in [0.2, 0.25) is 0 Å². The fourth-order valence-electron chi connectivity index (χ4n) is 2.39. The van der Waals surface area contributed by atoms with E-state index in [1.54, 1.807) is 0 Å². The minimum Gasteiger partial charge on any atom is -0.319 e. The van der Waals surface area contributed by atoms with Gasteiger partial charge in [-0.3, -0.25) is 0 Å². The van der Waals surface area contributed by atoms with Crippen LogP contribution < -0.4 is 5.32 Å². The molecule has 1 aliphatic rings. The molecule has 1 heterocycles. The number of hydrogen-bond acceptors (Lipinski definition) is 3. The first kappa shape index (κ1) is 13.3. The molecule has 0 aliphatic carbocycles. The van der Waals surface area contributed by atoms with Gasteiger partial charge in [-0.15, -0.1) is 0 Å². The van der Waals surface area contributed by atoms with Crippen LogP contribution in [0.3, 0.4) is 0 Å². The zero-order chi connectivity index (χ0) is 11.1. The van der Waals surface area contributed by atoms with E-state index in [4.69, 9.17) is 0 Å². The van der Waals surface area contributed by atoms with Gasteiger partial charge in [0.15, 0.2) is 0 Å². The van der Waals surface area contributed by atoms with Crippen LogP contribution in [0.4, 0.5) is 0 Å². The molecule has 90 valence electrons. The van der Waals surface area contributed by atoms with E-state index in [0.29, 0.717) is 5.41 Å². The molecule has 1 N–H and O–H groups in total. The molecule has 1 fully saturated rings. The van der Waals surface area contributed by atoms with Crippen LogP contribution in [0.5, 0.6) is 0 Å². The normalized spacial score (nSPS) is 19.4. The van der Waals surface area contributed by atoms with Crippen LogP contribution in [-0.2, 0) is 0 Å². The first-order chi connectivity index (χ1) is 7.26. The Labute approximate surface area is 99.2 Å². The number of nitrogens with zero attached hydrogens (tertiary/aromatic N) is 1. The third kappa shape index (κ3) is 3.97. The fourth-order valence-corrected chi connectivity index (χ4v) is 3.37. The summed E-state index contributed by atoms with van der Waals surface area (Å²) in [6.07, 6.45) is 2.57. The molecule has 0 aromatic heterocycles. The maximum atomic E-state index is 3.37. The molecule has 0 amide bonds. The summed E-state index contributed by atoms with van der Waals surface area (Å²) >= 11 is 2.10. The van der Waals surface area contributed by atoms with Crippen molar-refractivity contribution in [1.29, 1.82) is 0 Å². The number of thioether (sulfide) groups is 1. The molecule has 3 heteroatoms. The van der Waals surface area contributed by atoms with Gasteiger partial charge in [0.25, 0.3) is 0 Å². The minimum absolute atomic E-state index is 0.497. The molecule has 2 nitrogen and oxygen atoms in total. The lowest BCUT2D eigenvalue weighted by Crippen LogP contribution is -2.45. The van der Waals surface area contributed by atoms with E-state index in [0.717, 1.165) is 6.54 Å². The highest BCUT2D eigenvalue weighted by molar-refractivity contribution is 7.99. The van der Waals surface area contributed by atoms with Crippen LogP contribution in [-0.4, -0.2) is 49.6 Å². The average molecular weight is 230 g/mol. The standard InChI is InChI=1S/C12H26N2S/c1-4-12(5-2,10-13-3)11-14-6-8-15-9-7-14/h13H,4-11H2,1-3H3. The maximum absolute atomic E-state index is 3.37. The van der Waals surface area contributed by atoms with E-state index in [2.05, 4.69) is 42.9 Å². The summed E-state index contributed by atoms with van der Waals surface area (Å²) in [5, 5.41) is 3.37. The van der Waals surface area contributed by atoms with Crippen molar-refractivity contribution in [1.82, 2.24) is 10.2 Å². The highest BCUT2D eigenvalue weighted by atomic mass is 32.2. The van der Waals surface area contributed by atoms with Crippen molar-refractivity contribution in [2.75, 3.05) is 44.7 Å². The van der Waals surface area contributed by atoms with Gasteiger partial charge in [-0.2, -0.15) is 11.8 Å². The monoisotopic (exact) mass is 230 g/mol. The van der Waals surface area contributed by atoms with Gasteiger partial charge < -0.3 is 10.2 Å². The molecule has 0 radical (unpaired) electrons. The second-order valence-electron chi connectivity index (χ2n) is 4.63. The lowest BCUT2D eigenvalue weighted by molar-refractivity contribution is 0.145. The van der Waals surface area contributed by atoms with Gasteiger partial charge in [-0.05, 0) is 25.3 Å². The largest absolute Gasteiger partial charge is 0.319 e. The topological polar surface area (TPSA) is 15.3 Å². The van der Waals surface area contributed by atoms with E-state index >= 15 is 0 Å². The summed E-state index contributed by atoms with van der Waals surface area (Å²) in [7, 11) is 2.08. The average Bonchev–Trinajstić information content (AvgIpc) is 2.30. The third-order valence-corrected chi connectivity index (χ3v) is 4.66. The van der Waals surface area contributed by atoms with E-state index in [1.807, 2.05) is 0 Å². The summed E-state index contributed by atoms with van der Waals surface area (Å²) < 4.78 is 0. The Hall–Kier alpha value is 0.270. The van der Waals surface area contributed by atoms with Crippen molar-refractivity contribution in [3.8, 4) is 0 Å². The molecule has 1 saturated heterocycles. The molecule has 0 unspecified atom stereocenters. The van der Waals surface area contributed by atoms with Crippen molar-refractivity contribution in [3.05, 3.63) is 0 Å². The van der Waals surface area contributed by atoms with Gasteiger partial charge in [0, 0.05) is 37.7 Å². The SMILES string of the molecule is CCC(CC)(CNC)CN1CCSCC1. The Morgan fingerprint density at radius 3 is 2.27 bits per heavy atom. The van der Waals surface area contributed by atoms with Gasteiger partial charge in [0.05, 0.1) is 0 Å². The molecule has 1 rings (SSSR count). The molecular formula is C12H26N2S. The molecule has 15 heavy (non-hydrogen) atoms. The predicted octanol–water partition coefficient (Wildman–Crippen LogP) is 2.06. The van der Waals surface area contributed by atoms with Crippen LogP contribution in [0.25, 0.3) is 0 Å². The van der Waals surface area contributed by atoms with E-state index in [9.17, 15) is 0 Å². The minimum atomic E-state index is 0.497. The molecule has 1 aliphatic heterocycles. The Balaban J connectivity index is 2.47. The fraction of sp³-hybridized carbons (Fsp3) is 1.00. The molecule has 0 aromatic rings. The predicted molar refractivity (Wildman–Crippen MR) is 70.7 cm³/mol. The first-order valence-electron chi connectivity index (χ1n) is 6.21. The summed E-state index contributed by atoms with van der Waals surface area (Å²) in [5.41, 5.74) is 0.497. The summed E-state index contributed by atoms with van der Waals surface area (Å²) in [5.74, 6) is 2.64. The van der Waals surface area contributed by atoms with Crippen molar-refractivity contribution in [2.45, 2.75) is 26.7 Å². The Kier molecular flexibility index (Phi) is 6.02. The highest BCUT2D eigenvalue weighted by Gasteiger charge is 2.28. The molecular weight excluding hydrogens is 204 g/mol. The second kappa shape index (κ2) is 6.77. The molecule has 0 spiro atoms. The Morgan fingerprint density at radius 2 is 1.80 bits per heavy atom. The van der Waals surface area contributed by atoms with Crippen molar-refractivity contribution >= 4 is 11.8 Å². The van der Waals surface area contributed by atoms with E-state index in [-0.39, 0.29) is 0 Å². The smallest absolute Gasteiger partial charge is 0.00729 e. The Morgan fingerprint density at radius 1 is 1.20 bits per heavy atom. The Bertz CT molecular complexity index is 163. The van der Waals surface area contributed by atoms with Gasteiger partial charge >= 0.3 is 0 Å². The number of nitrogens with one attached hydrogen (secondary N) is 1. The van der Waals surface area contributed by atoms with Crippen molar-refractivity contribution in [2.24, 2.45) is 5.41 Å². The zero-order valence-electron chi connectivity index (χ0n) is 10.5. The van der Waals surface area contributed by atoms with Gasteiger partial charge in [-0.1, -0.05) is 13.8 Å². The third-order valence-electron chi connectivity index (χ3n) is 3.71. The second-order valence-corrected chi connectivity index (χ2v) is 5.85. The van der Waals surface area contributed by atoms with Gasteiger partial charge in [0.2, 0.25) is 0 Å². The molecule has 0 bridgehead atoms. The molecule has 0 saturated carbocycles. The van der Waals surface area contributed by atoms with Crippen molar-refractivity contribution < 1.29 is 0 Å². The maximum Gasteiger partial charge on any atom is 0.00729 e. The zero-order valence-corrected chi connectivity index (χ0v) is 11.3. The van der Waals surface area contributed by atoms with Gasteiger partial charge in [0.1, 0.15) is 0 Å². The van der Waals surface area contributed by atoms with Crippen LogP contribution in [0.15, 0.2) is 0 Å². The van der Waals surface area contributed by atoms with E-state index in [1.165, 1.54) is 44.0 Å². The summed E-state index contributed by atoms with van der Waals surface area (Å²) in [6, 6.07) is 0. The lowest BCUT2D eigenvalue weighted by Gasteiger charge is -2.38. The first-order valence-corrected chi connectivity index (χ1v) is 7.36. The van der Waals surface area contributed by atoms with Crippen LogP contribution >= 0.6 is 11.8 Å². The van der Waals surface area contributed by atoms with Crippen LogP contribution in [0.1, 0.15) is 26.7 Å². The number of hydrogen-bond donors (Lipinski definition) is 1. The van der Waals surface area contributed by atoms with Crippen LogP contribution in [0, 0.1) is 5.41 Å². The molecule has 0 atom stereocenters. The summed E-state index contributed by atoms with van der Waals surface area (Å²) in [4.78, 5) is 2.65.